The van der Waals surface area contributed by atoms with E-state index in [0.29, 0.717) is 12.5 Å². The highest BCUT2D eigenvalue weighted by Gasteiger charge is 2.22. The normalized spacial score (nSPS) is 16.3. The van der Waals surface area contributed by atoms with E-state index in [0.717, 1.165) is 24.1 Å². The van der Waals surface area contributed by atoms with Gasteiger partial charge >= 0.3 is 0 Å². The van der Waals surface area contributed by atoms with Crippen molar-refractivity contribution in [3.8, 4) is 0 Å². The molecule has 2 N–H and O–H groups in total. The maximum Gasteiger partial charge on any atom is 0.224 e. The number of fused-ring (bicyclic) bond motifs is 1. The minimum atomic E-state index is 0.0380. The fourth-order valence-electron chi connectivity index (χ4n) is 2.97. The number of hydrogen-bond acceptors (Lipinski definition) is 2. The smallest absolute Gasteiger partial charge is 0.224 e. The van der Waals surface area contributed by atoms with Gasteiger partial charge in [-0.2, -0.15) is 0 Å². The van der Waals surface area contributed by atoms with E-state index < -0.39 is 0 Å². The van der Waals surface area contributed by atoms with Gasteiger partial charge < -0.3 is 10.6 Å². The van der Waals surface area contributed by atoms with Crippen LogP contribution in [-0.2, 0) is 17.6 Å². The minimum Gasteiger partial charge on any atom is -0.378 e. The molecule has 3 heteroatoms. The van der Waals surface area contributed by atoms with Gasteiger partial charge in [0, 0.05) is 12.7 Å². The lowest BCUT2D eigenvalue weighted by atomic mass is 10.1. The zero-order valence-corrected chi connectivity index (χ0v) is 12.2. The Hall–Kier alpha value is -2.29. The first-order valence-electron chi connectivity index (χ1n) is 7.41. The molecule has 0 spiro atoms. The molecule has 3 nitrogen and oxygen atoms in total. The van der Waals surface area contributed by atoms with Gasteiger partial charge in [-0.3, -0.25) is 4.79 Å². The molecule has 1 aliphatic carbocycles. The van der Waals surface area contributed by atoms with Gasteiger partial charge in [0.15, 0.2) is 0 Å². The van der Waals surface area contributed by atoms with Crippen LogP contribution >= 0.6 is 0 Å². The van der Waals surface area contributed by atoms with E-state index >= 15 is 0 Å². The standard InChI is InChI=1S/C18H20N2O/c1-19-18(21)12-14-7-3-5-9-16(14)20-17-11-10-13-6-2-4-8-15(13)17/h2-9,17,20H,10-12H2,1H3,(H,19,21). The Bertz CT molecular complexity index is 651. The molecule has 1 amide bonds. The molecule has 21 heavy (non-hydrogen) atoms. The summed E-state index contributed by atoms with van der Waals surface area (Å²) in [5, 5.41) is 6.30. The van der Waals surface area contributed by atoms with Gasteiger partial charge in [0.1, 0.15) is 0 Å². The number of rotatable bonds is 4. The third-order valence-electron chi connectivity index (χ3n) is 4.11. The van der Waals surface area contributed by atoms with Crippen LogP contribution in [0, 0.1) is 0 Å². The first kappa shape index (κ1) is 13.7. The topological polar surface area (TPSA) is 41.1 Å². The van der Waals surface area contributed by atoms with E-state index in [4.69, 9.17) is 0 Å². The predicted octanol–water partition coefficient (Wildman–Crippen LogP) is 3.07. The summed E-state index contributed by atoms with van der Waals surface area (Å²) in [6.45, 7) is 0. The van der Waals surface area contributed by atoms with Crippen LogP contribution in [0.3, 0.4) is 0 Å². The van der Waals surface area contributed by atoms with Gasteiger partial charge in [-0.1, -0.05) is 42.5 Å². The van der Waals surface area contributed by atoms with Crippen molar-refractivity contribution in [1.29, 1.82) is 0 Å². The Morgan fingerprint density at radius 3 is 2.76 bits per heavy atom. The summed E-state index contributed by atoms with van der Waals surface area (Å²) >= 11 is 0. The Balaban J connectivity index is 1.81. The molecular formula is C18H20N2O. The second-order valence-corrected chi connectivity index (χ2v) is 5.44. The van der Waals surface area contributed by atoms with Crippen molar-refractivity contribution in [3.63, 3.8) is 0 Å². The van der Waals surface area contributed by atoms with Crippen LogP contribution < -0.4 is 10.6 Å². The Kier molecular flexibility index (Phi) is 3.91. The summed E-state index contributed by atoms with van der Waals surface area (Å²) in [6.07, 6.45) is 2.63. The van der Waals surface area contributed by atoms with Crippen molar-refractivity contribution in [3.05, 3.63) is 65.2 Å². The number of nitrogens with one attached hydrogen (secondary N) is 2. The van der Waals surface area contributed by atoms with Crippen LogP contribution in [0.2, 0.25) is 0 Å². The van der Waals surface area contributed by atoms with E-state index in [1.165, 1.54) is 11.1 Å². The Morgan fingerprint density at radius 1 is 1.14 bits per heavy atom. The number of carbonyl (C=O) groups excluding carboxylic acids is 1. The van der Waals surface area contributed by atoms with Crippen molar-refractivity contribution in [2.45, 2.75) is 25.3 Å². The predicted molar refractivity (Wildman–Crippen MR) is 85.3 cm³/mol. The fourth-order valence-corrected chi connectivity index (χ4v) is 2.97. The van der Waals surface area contributed by atoms with Crippen molar-refractivity contribution < 1.29 is 4.79 Å². The summed E-state index contributed by atoms with van der Waals surface area (Å²) in [6, 6.07) is 17.0. The lowest BCUT2D eigenvalue weighted by Crippen LogP contribution is -2.21. The average Bonchev–Trinajstić information content (AvgIpc) is 2.92. The van der Waals surface area contributed by atoms with Crippen molar-refractivity contribution in [1.82, 2.24) is 5.32 Å². The molecule has 2 aromatic rings. The SMILES string of the molecule is CNC(=O)Cc1ccccc1NC1CCc2ccccc21. The first-order chi connectivity index (χ1) is 10.3. The maximum atomic E-state index is 11.6. The molecule has 0 saturated carbocycles. The number of likely N-dealkylation sites (N-methyl/N-ethyl adjacent to an activating group) is 1. The zero-order chi connectivity index (χ0) is 14.7. The highest BCUT2D eigenvalue weighted by molar-refractivity contribution is 5.80. The molecule has 0 bridgehead atoms. The van der Waals surface area contributed by atoms with Crippen LogP contribution in [0.15, 0.2) is 48.5 Å². The average molecular weight is 280 g/mol. The van der Waals surface area contributed by atoms with Crippen LogP contribution in [0.1, 0.15) is 29.2 Å². The first-order valence-corrected chi connectivity index (χ1v) is 7.41. The maximum absolute atomic E-state index is 11.6. The molecule has 0 radical (unpaired) electrons. The third kappa shape index (κ3) is 2.92. The summed E-state index contributed by atoms with van der Waals surface area (Å²) in [7, 11) is 1.67. The molecule has 1 aliphatic rings. The van der Waals surface area contributed by atoms with Crippen molar-refractivity contribution >= 4 is 11.6 Å². The number of anilines is 1. The van der Waals surface area contributed by atoms with Gasteiger partial charge in [-0.05, 0) is 35.6 Å². The molecule has 1 unspecified atom stereocenters. The van der Waals surface area contributed by atoms with Gasteiger partial charge in [-0.25, -0.2) is 0 Å². The molecule has 2 aromatic carbocycles. The monoisotopic (exact) mass is 280 g/mol. The van der Waals surface area contributed by atoms with Crippen LogP contribution in [0.5, 0.6) is 0 Å². The number of aryl methyl sites for hydroxylation is 1. The number of hydrogen-bond donors (Lipinski definition) is 2. The van der Waals surface area contributed by atoms with E-state index in [1.54, 1.807) is 7.05 Å². The summed E-state index contributed by atoms with van der Waals surface area (Å²) in [4.78, 5) is 11.6. The van der Waals surface area contributed by atoms with Crippen molar-refractivity contribution in [2.75, 3.05) is 12.4 Å². The van der Waals surface area contributed by atoms with Crippen LogP contribution in [0.25, 0.3) is 0 Å². The molecule has 108 valence electrons. The van der Waals surface area contributed by atoms with E-state index in [1.807, 2.05) is 18.2 Å². The summed E-state index contributed by atoms with van der Waals surface area (Å²) < 4.78 is 0. The summed E-state index contributed by atoms with van der Waals surface area (Å²) in [5.74, 6) is 0.0380. The molecule has 3 rings (SSSR count). The van der Waals surface area contributed by atoms with E-state index in [-0.39, 0.29) is 5.91 Å². The highest BCUT2D eigenvalue weighted by atomic mass is 16.1. The lowest BCUT2D eigenvalue weighted by molar-refractivity contribution is -0.119. The second kappa shape index (κ2) is 6.00. The largest absolute Gasteiger partial charge is 0.378 e. The lowest BCUT2D eigenvalue weighted by Gasteiger charge is -2.18. The van der Waals surface area contributed by atoms with Gasteiger partial charge in [0.2, 0.25) is 5.91 Å². The third-order valence-corrected chi connectivity index (χ3v) is 4.11. The van der Waals surface area contributed by atoms with Gasteiger partial charge in [-0.15, -0.1) is 0 Å². The highest BCUT2D eigenvalue weighted by Crippen LogP contribution is 2.34. The molecule has 1 atom stereocenters. The number of carbonyl (C=O) groups is 1. The van der Waals surface area contributed by atoms with E-state index in [9.17, 15) is 4.79 Å². The zero-order valence-electron chi connectivity index (χ0n) is 12.2. The van der Waals surface area contributed by atoms with Crippen LogP contribution in [0.4, 0.5) is 5.69 Å². The van der Waals surface area contributed by atoms with Crippen molar-refractivity contribution in [2.24, 2.45) is 0 Å². The molecule has 0 heterocycles. The minimum absolute atomic E-state index is 0.0380. The molecule has 0 aromatic heterocycles. The quantitative estimate of drug-likeness (QED) is 0.903. The Morgan fingerprint density at radius 2 is 1.90 bits per heavy atom. The van der Waals surface area contributed by atoms with Crippen LogP contribution in [-0.4, -0.2) is 13.0 Å². The number of benzene rings is 2. The van der Waals surface area contributed by atoms with Gasteiger partial charge in [0.25, 0.3) is 0 Å². The number of para-hydroxylation sites is 1. The Labute approximate surface area is 125 Å². The molecule has 0 aliphatic heterocycles. The van der Waals surface area contributed by atoms with Gasteiger partial charge in [0.05, 0.1) is 12.5 Å². The second-order valence-electron chi connectivity index (χ2n) is 5.44. The number of amides is 1. The van der Waals surface area contributed by atoms with E-state index in [2.05, 4.69) is 41.0 Å². The summed E-state index contributed by atoms with van der Waals surface area (Å²) in [5.41, 5.74) is 4.91. The molecular weight excluding hydrogens is 260 g/mol. The molecule has 0 saturated heterocycles. The molecule has 0 fully saturated rings. The fraction of sp³-hybridized carbons (Fsp3) is 0.278.